The van der Waals surface area contributed by atoms with Crippen molar-refractivity contribution in [2.75, 3.05) is 42.9 Å². The van der Waals surface area contributed by atoms with E-state index in [-0.39, 0.29) is 0 Å². The Morgan fingerprint density at radius 2 is 2.05 bits per heavy atom. The summed E-state index contributed by atoms with van der Waals surface area (Å²) in [4.78, 5) is 5.37. The van der Waals surface area contributed by atoms with Crippen LogP contribution in [0.15, 0.2) is 18.2 Å². The maximum absolute atomic E-state index is 3.56. The predicted octanol–water partition coefficient (Wildman–Crippen LogP) is 2.72. The van der Waals surface area contributed by atoms with Crippen LogP contribution in [-0.4, -0.2) is 43.7 Å². The van der Waals surface area contributed by atoms with E-state index < -0.39 is 0 Å². The minimum absolute atomic E-state index is 0.796. The number of hydrogen-bond acceptors (Lipinski definition) is 3. The van der Waals surface area contributed by atoms with Gasteiger partial charge in [-0.05, 0) is 49.9 Å². The van der Waals surface area contributed by atoms with Gasteiger partial charge >= 0.3 is 0 Å². The number of rotatable bonds is 1. The summed E-state index contributed by atoms with van der Waals surface area (Å²) in [6, 6.07) is 7.60. The third kappa shape index (κ3) is 2.18. The van der Waals surface area contributed by atoms with Crippen molar-refractivity contribution >= 4 is 11.4 Å². The molecule has 3 nitrogen and oxygen atoms in total. The molecule has 1 atom stereocenters. The molecule has 1 aromatic carbocycles. The van der Waals surface area contributed by atoms with Crippen LogP contribution in [0.25, 0.3) is 0 Å². The van der Waals surface area contributed by atoms with Gasteiger partial charge in [0.15, 0.2) is 0 Å². The summed E-state index contributed by atoms with van der Waals surface area (Å²) in [6.45, 7) is 6.14. The molecule has 4 rings (SSSR count). The maximum atomic E-state index is 3.56. The summed E-state index contributed by atoms with van der Waals surface area (Å²) in [5.41, 5.74) is 4.43. The van der Waals surface area contributed by atoms with Gasteiger partial charge in [-0.25, -0.2) is 0 Å². The molecule has 0 radical (unpaired) electrons. The zero-order chi connectivity index (χ0) is 13.4. The van der Waals surface area contributed by atoms with E-state index >= 15 is 0 Å². The van der Waals surface area contributed by atoms with Crippen LogP contribution in [0.2, 0.25) is 0 Å². The molecular formula is C17H25N3. The maximum Gasteiger partial charge on any atom is 0.0420 e. The van der Waals surface area contributed by atoms with Gasteiger partial charge in [0.05, 0.1) is 0 Å². The number of benzene rings is 1. The van der Waals surface area contributed by atoms with Gasteiger partial charge in [0, 0.05) is 43.6 Å². The topological polar surface area (TPSA) is 18.5 Å². The number of anilines is 2. The monoisotopic (exact) mass is 271 g/mol. The lowest BCUT2D eigenvalue weighted by Crippen LogP contribution is -2.55. The molecule has 1 N–H and O–H groups in total. The lowest BCUT2D eigenvalue weighted by Gasteiger charge is -2.45. The predicted molar refractivity (Wildman–Crippen MR) is 84.7 cm³/mol. The van der Waals surface area contributed by atoms with Crippen molar-refractivity contribution in [2.24, 2.45) is 0 Å². The Balaban J connectivity index is 1.58. The molecule has 2 fully saturated rings. The van der Waals surface area contributed by atoms with Crippen LogP contribution >= 0.6 is 0 Å². The van der Waals surface area contributed by atoms with Crippen molar-refractivity contribution in [1.82, 2.24) is 4.90 Å². The lowest BCUT2D eigenvalue weighted by atomic mass is 9.96. The highest BCUT2D eigenvalue weighted by Gasteiger charge is 2.30. The van der Waals surface area contributed by atoms with Crippen LogP contribution in [0.1, 0.15) is 31.2 Å². The minimum Gasteiger partial charge on any atom is -0.385 e. The summed E-state index contributed by atoms with van der Waals surface area (Å²) < 4.78 is 0. The third-order valence-corrected chi connectivity index (χ3v) is 5.25. The van der Waals surface area contributed by atoms with Crippen LogP contribution in [0, 0.1) is 0 Å². The number of hydrogen-bond donors (Lipinski definition) is 1. The average molecular weight is 271 g/mol. The molecule has 0 saturated carbocycles. The number of fused-ring (bicyclic) bond motifs is 2. The molecule has 0 bridgehead atoms. The third-order valence-electron chi connectivity index (χ3n) is 5.25. The van der Waals surface area contributed by atoms with E-state index in [2.05, 4.69) is 33.3 Å². The molecular weight excluding hydrogens is 246 g/mol. The molecule has 3 heterocycles. The van der Waals surface area contributed by atoms with E-state index in [9.17, 15) is 0 Å². The molecule has 2 saturated heterocycles. The van der Waals surface area contributed by atoms with E-state index in [0.717, 1.165) is 12.6 Å². The zero-order valence-corrected chi connectivity index (χ0v) is 12.3. The van der Waals surface area contributed by atoms with Crippen LogP contribution in [0.3, 0.4) is 0 Å². The van der Waals surface area contributed by atoms with Crippen LogP contribution in [-0.2, 0) is 6.42 Å². The van der Waals surface area contributed by atoms with Crippen molar-refractivity contribution < 1.29 is 0 Å². The first kappa shape index (κ1) is 12.5. The van der Waals surface area contributed by atoms with Gasteiger partial charge < -0.3 is 10.2 Å². The second-order valence-electron chi connectivity index (χ2n) is 6.47. The highest BCUT2D eigenvalue weighted by atomic mass is 15.3. The molecule has 0 aliphatic carbocycles. The van der Waals surface area contributed by atoms with Gasteiger partial charge in [0.25, 0.3) is 0 Å². The van der Waals surface area contributed by atoms with Crippen LogP contribution < -0.4 is 10.2 Å². The average Bonchev–Trinajstić information content (AvgIpc) is 2.54. The van der Waals surface area contributed by atoms with E-state index in [1.54, 1.807) is 5.56 Å². The fourth-order valence-corrected chi connectivity index (χ4v) is 4.16. The fourth-order valence-electron chi connectivity index (χ4n) is 4.16. The first-order chi connectivity index (χ1) is 9.92. The van der Waals surface area contributed by atoms with Crippen molar-refractivity contribution in [3.63, 3.8) is 0 Å². The molecule has 3 heteroatoms. The summed E-state index contributed by atoms with van der Waals surface area (Å²) in [7, 11) is 0. The van der Waals surface area contributed by atoms with E-state index in [1.165, 1.54) is 69.7 Å². The van der Waals surface area contributed by atoms with Crippen molar-refractivity contribution in [3.05, 3.63) is 23.8 Å². The Bertz CT molecular complexity index is 485. The summed E-state index contributed by atoms with van der Waals surface area (Å²) in [6.07, 6.45) is 6.73. The summed E-state index contributed by atoms with van der Waals surface area (Å²) in [5.74, 6) is 0. The first-order valence-electron chi connectivity index (χ1n) is 8.26. The Hall–Kier alpha value is -1.22. The SMILES string of the molecule is c1cc2c(c(N3CCN4CCCCC4C3)c1)CCCN2. The fraction of sp³-hybridized carbons (Fsp3) is 0.647. The zero-order valence-electron chi connectivity index (χ0n) is 12.3. The van der Waals surface area contributed by atoms with Crippen molar-refractivity contribution in [1.29, 1.82) is 0 Å². The molecule has 3 aliphatic heterocycles. The molecule has 3 aliphatic rings. The van der Waals surface area contributed by atoms with Crippen molar-refractivity contribution in [2.45, 2.75) is 38.1 Å². The standard InChI is InChI=1S/C17H25N3/c1-2-10-19-11-12-20(13-14(19)5-1)17-8-3-7-16-15(17)6-4-9-18-16/h3,7-8,14,18H,1-2,4-6,9-13H2. The molecule has 1 unspecified atom stereocenters. The van der Waals surface area contributed by atoms with E-state index in [1.807, 2.05) is 0 Å². The molecule has 1 aromatic rings. The number of piperidine rings is 1. The first-order valence-corrected chi connectivity index (χ1v) is 8.26. The second kappa shape index (κ2) is 5.28. The molecule has 0 aromatic heterocycles. The normalized spacial score (nSPS) is 26.6. The molecule has 20 heavy (non-hydrogen) atoms. The largest absolute Gasteiger partial charge is 0.385 e. The lowest BCUT2D eigenvalue weighted by molar-refractivity contribution is 0.133. The summed E-state index contributed by atoms with van der Waals surface area (Å²) in [5, 5.41) is 3.56. The number of nitrogens with one attached hydrogen (secondary N) is 1. The minimum atomic E-state index is 0.796. The van der Waals surface area contributed by atoms with Crippen LogP contribution in [0.5, 0.6) is 0 Å². The molecule has 108 valence electrons. The van der Waals surface area contributed by atoms with Gasteiger partial charge in [-0.1, -0.05) is 12.5 Å². The molecule has 0 amide bonds. The van der Waals surface area contributed by atoms with Gasteiger partial charge in [-0.2, -0.15) is 0 Å². The highest BCUT2D eigenvalue weighted by molar-refractivity contribution is 5.68. The quantitative estimate of drug-likeness (QED) is 0.847. The molecule has 0 spiro atoms. The highest BCUT2D eigenvalue weighted by Crippen LogP contribution is 2.33. The second-order valence-corrected chi connectivity index (χ2v) is 6.47. The Labute approximate surface area is 121 Å². The van der Waals surface area contributed by atoms with Crippen molar-refractivity contribution in [3.8, 4) is 0 Å². The number of piperazine rings is 1. The van der Waals surface area contributed by atoms with Gasteiger partial charge in [-0.3, -0.25) is 4.90 Å². The van der Waals surface area contributed by atoms with Gasteiger partial charge in [-0.15, -0.1) is 0 Å². The van der Waals surface area contributed by atoms with E-state index in [4.69, 9.17) is 0 Å². The smallest absolute Gasteiger partial charge is 0.0420 e. The van der Waals surface area contributed by atoms with Gasteiger partial charge in [0.2, 0.25) is 0 Å². The number of nitrogens with zero attached hydrogens (tertiary/aromatic N) is 2. The van der Waals surface area contributed by atoms with Crippen LogP contribution in [0.4, 0.5) is 11.4 Å². The van der Waals surface area contributed by atoms with E-state index in [0.29, 0.717) is 0 Å². The Morgan fingerprint density at radius 1 is 1.05 bits per heavy atom. The Morgan fingerprint density at radius 3 is 3.05 bits per heavy atom. The van der Waals surface area contributed by atoms with Gasteiger partial charge in [0.1, 0.15) is 0 Å². The summed E-state index contributed by atoms with van der Waals surface area (Å²) >= 11 is 0. The Kier molecular flexibility index (Phi) is 3.31.